The van der Waals surface area contributed by atoms with Crippen LogP contribution < -0.4 is 9.47 Å². The summed E-state index contributed by atoms with van der Waals surface area (Å²) in [4.78, 5) is 4.40. The van der Waals surface area contributed by atoms with Crippen LogP contribution in [0.25, 0.3) is 28.7 Å². The average Bonchev–Trinajstić information content (AvgIpc) is 3.40. The van der Waals surface area contributed by atoms with Gasteiger partial charge in [0.1, 0.15) is 5.82 Å². The van der Waals surface area contributed by atoms with Crippen LogP contribution in [-0.2, 0) is 0 Å². The van der Waals surface area contributed by atoms with Crippen LogP contribution in [0.2, 0.25) is 0 Å². The molecule has 0 fully saturated rings. The molecule has 0 radical (unpaired) electrons. The Balaban J connectivity index is 1.50. The summed E-state index contributed by atoms with van der Waals surface area (Å²) in [5.74, 6) is 1.57. The Kier molecular flexibility index (Phi) is 3.39. The second kappa shape index (κ2) is 5.90. The molecule has 0 N–H and O–H groups in total. The molecular weight excluding hydrogens is 353 g/mol. The summed E-state index contributed by atoms with van der Waals surface area (Å²) in [6, 6.07) is 11.5. The molecule has 0 unspecified atom stereocenters. The largest absolute Gasteiger partial charge is 0.454 e. The SMILES string of the molecule is Cc1c(-c2nc(-c3ccc4c(c3)OCO4)no2)nnn1-c1cccc(F)c1. The van der Waals surface area contributed by atoms with Crippen LogP contribution >= 0.6 is 0 Å². The molecule has 134 valence electrons. The molecule has 0 spiro atoms. The second-order valence-electron chi connectivity index (χ2n) is 5.91. The predicted molar refractivity (Wildman–Crippen MR) is 90.9 cm³/mol. The maximum Gasteiger partial charge on any atom is 0.280 e. The molecule has 3 heterocycles. The van der Waals surface area contributed by atoms with E-state index in [-0.39, 0.29) is 18.5 Å². The molecule has 9 heteroatoms. The predicted octanol–water partition coefficient (Wildman–Crippen LogP) is 3.16. The molecule has 2 aromatic heterocycles. The fourth-order valence-electron chi connectivity index (χ4n) is 2.85. The van der Waals surface area contributed by atoms with Crippen molar-refractivity contribution in [3.63, 3.8) is 0 Å². The summed E-state index contributed by atoms with van der Waals surface area (Å²) in [5, 5.41) is 12.2. The molecule has 0 saturated carbocycles. The minimum Gasteiger partial charge on any atom is -0.454 e. The van der Waals surface area contributed by atoms with Crippen molar-refractivity contribution in [1.82, 2.24) is 25.1 Å². The number of halogens is 1. The number of ether oxygens (including phenoxy) is 2. The Morgan fingerprint density at radius 3 is 2.85 bits per heavy atom. The van der Waals surface area contributed by atoms with E-state index in [2.05, 4.69) is 20.5 Å². The molecular formula is C18H12FN5O3. The standard InChI is InChI=1S/C18H12FN5O3/c1-10-16(21-23-24(10)13-4-2-3-12(19)8-13)18-20-17(22-27-18)11-5-6-14-15(7-11)26-9-25-14/h2-8H,9H2,1H3. The van der Waals surface area contributed by atoms with Crippen molar-refractivity contribution < 1.29 is 18.4 Å². The van der Waals surface area contributed by atoms with Crippen molar-refractivity contribution in [2.75, 3.05) is 6.79 Å². The Morgan fingerprint density at radius 1 is 1.07 bits per heavy atom. The van der Waals surface area contributed by atoms with Crippen LogP contribution in [0.1, 0.15) is 5.69 Å². The lowest BCUT2D eigenvalue weighted by molar-refractivity contribution is 0.174. The Morgan fingerprint density at radius 2 is 1.96 bits per heavy atom. The number of benzene rings is 2. The zero-order valence-electron chi connectivity index (χ0n) is 14.1. The number of aromatic nitrogens is 5. The molecule has 1 aliphatic heterocycles. The molecule has 4 aromatic rings. The highest BCUT2D eigenvalue weighted by molar-refractivity contribution is 5.63. The number of fused-ring (bicyclic) bond motifs is 1. The highest BCUT2D eigenvalue weighted by atomic mass is 19.1. The molecule has 2 aromatic carbocycles. The molecule has 0 amide bonds. The van der Waals surface area contributed by atoms with Crippen LogP contribution in [0, 0.1) is 12.7 Å². The van der Waals surface area contributed by atoms with E-state index in [9.17, 15) is 4.39 Å². The van der Waals surface area contributed by atoms with Crippen LogP contribution in [0.15, 0.2) is 47.0 Å². The summed E-state index contributed by atoms with van der Waals surface area (Å²) in [6.07, 6.45) is 0. The third-order valence-electron chi connectivity index (χ3n) is 4.21. The van der Waals surface area contributed by atoms with E-state index >= 15 is 0 Å². The third-order valence-corrected chi connectivity index (χ3v) is 4.21. The van der Waals surface area contributed by atoms with Crippen molar-refractivity contribution in [2.45, 2.75) is 6.92 Å². The van der Waals surface area contributed by atoms with Gasteiger partial charge in [-0.3, -0.25) is 0 Å². The fourth-order valence-corrected chi connectivity index (χ4v) is 2.85. The lowest BCUT2D eigenvalue weighted by Gasteiger charge is -2.02. The van der Waals surface area contributed by atoms with Gasteiger partial charge < -0.3 is 14.0 Å². The van der Waals surface area contributed by atoms with E-state index in [1.54, 1.807) is 31.2 Å². The Labute approximate surface area is 152 Å². The molecule has 0 saturated heterocycles. The molecule has 8 nitrogen and oxygen atoms in total. The zero-order valence-corrected chi connectivity index (χ0v) is 14.1. The van der Waals surface area contributed by atoms with Crippen LogP contribution in [0.3, 0.4) is 0 Å². The Hall–Kier alpha value is -3.75. The maximum absolute atomic E-state index is 13.5. The number of hydrogen-bond donors (Lipinski definition) is 0. The van der Waals surface area contributed by atoms with Gasteiger partial charge in [0.05, 0.1) is 11.4 Å². The van der Waals surface area contributed by atoms with E-state index in [0.29, 0.717) is 34.4 Å². The van der Waals surface area contributed by atoms with E-state index < -0.39 is 0 Å². The van der Waals surface area contributed by atoms with E-state index in [0.717, 1.165) is 5.56 Å². The molecule has 27 heavy (non-hydrogen) atoms. The summed E-state index contributed by atoms with van der Waals surface area (Å²) in [6.45, 7) is 1.99. The molecule has 1 aliphatic rings. The number of nitrogens with zero attached hydrogens (tertiary/aromatic N) is 5. The minimum absolute atomic E-state index is 0.193. The van der Waals surface area contributed by atoms with Crippen LogP contribution in [0.4, 0.5) is 4.39 Å². The van der Waals surface area contributed by atoms with E-state index in [1.165, 1.54) is 16.8 Å². The highest BCUT2D eigenvalue weighted by Crippen LogP contribution is 2.35. The lowest BCUT2D eigenvalue weighted by Crippen LogP contribution is -1.99. The molecule has 0 aliphatic carbocycles. The summed E-state index contributed by atoms with van der Waals surface area (Å²) in [7, 11) is 0. The van der Waals surface area contributed by atoms with Gasteiger partial charge in [-0.15, -0.1) is 5.10 Å². The zero-order chi connectivity index (χ0) is 18.4. The monoisotopic (exact) mass is 365 g/mol. The average molecular weight is 365 g/mol. The van der Waals surface area contributed by atoms with Gasteiger partial charge in [-0.05, 0) is 43.3 Å². The number of rotatable bonds is 3. The summed E-state index contributed by atoms with van der Waals surface area (Å²) >= 11 is 0. The van der Waals surface area contributed by atoms with Gasteiger partial charge in [-0.2, -0.15) is 4.98 Å². The minimum atomic E-state index is -0.355. The van der Waals surface area contributed by atoms with Gasteiger partial charge in [0.15, 0.2) is 17.2 Å². The van der Waals surface area contributed by atoms with Gasteiger partial charge in [-0.25, -0.2) is 9.07 Å². The lowest BCUT2D eigenvalue weighted by atomic mass is 10.2. The van der Waals surface area contributed by atoms with Crippen molar-refractivity contribution in [3.8, 4) is 40.2 Å². The van der Waals surface area contributed by atoms with Gasteiger partial charge >= 0.3 is 0 Å². The van der Waals surface area contributed by atoms with Gasteiger partial charge in [-0.1, -0.05) is 16.4 Å². The molecule has 0 atom stereocenters. The van der Waals surface area contributed by atoms with E-state index in [1.807, 2.05) is 6.07 Å². The van der Waals surface area contributed by atoms with Crippen molar-refractivity contribution in [3.05, 3.63) is 54.0 Å². The van der Waals surface area contributed by atoms with Crippen LogP contribution in [-0.4, -0.2) is 31.9 Å². The van der Waals surface area contributed by atoms with Crippen molar-refractivity contribution in [2.24, 2.45) is 0 Å². The first-order valence-corrected chi connectivity index (χ1v) is 8.11. The van der Waals surface area contributed by atoms with Crippen molar-refractivity contribution in [1.29, 1.82) is 0 Å². The van der Waals surface area contributed by atoms with E-state index in [4.69, 9.17) is 14.0 Å². The number of hydrogen-bond acceptors (Lipinski definition) is 7. The van der Waals surface area contributed by atoms with Gasteiger partial charge in [0, 0.05) is 5.56 Å². The first-order chi connectivity index (χ1) is 13.2. The second-order valence-corrected chi connectivity index (χ2v) is 5.91. The van der Waals surface area contributed by atoms with Crippen molar-refractivity contribution >= 4 is 0 Å². The summed E-state index contributed by atoms with van der Waals surface area (Å²) in [5.41, 5.74) is 2.37. The Bertz CT molecular complexity index is 1150. The normalized spacial score (nSPS) is 12.5. The first kappa shape index (κ1) is 15.5. The fraction of sp³-hybridized carbons (Fsp3) is 0.111. The molecule has 0 bridgehead atoms. The third kappa shape index (κ3) is 2.60. The highest BCUT2D eigenvalue weighted by Gasteiger charge is 2.21. The van der Waals surface area contributed by atoms with Crippen LogP contribution in [0.5, 0.6) is 11.5 Å². The maximum atomic E-state index is 13.5. The molecule has 5 rings (SSSR count). The van der Waals surface area contributed by atoms with Gasteiger partial charge in [0.2, 0.25) is 12.6 Å². The summed E-state index contributed by atoms with van der Waals surface area (Å²) < 4.78 is 31.0. The van der Waals surface area contributed by atoms with Gasteiger partial charge in [0.25, 0.3) is 5.89 Å². The smallest absolute Gasteiger partial charge is 0.280 e. The first-order valence-electron chi connectivity index (χ1n) is 8.11. The quantitative estimate of drug-likeness (QED) is 0.551. The topological polar surface area (TPSA) is 88.1 Å².